The standard InChI is InChI=1S/C15H26N4O/c1-4-8-16-13-10-14(17-11(2)7-9-20-3)19-15(18-13)12-5-6-12/h10-12H,4-9H2,1-3H3,(H2,16,17,18,19). The van der Waals surface area contributed by atoms with Crippen LogP contribution in [0.4, 0.5) is 11.6 Å². The van der Waals surface area contributed by atoms with Gasteiger partial charge in [-0.15, -0.1) is 0 Å². The van der Waals surface area contributed by atoms with Crippen LogP contribution in [0.5, 0.6) is 0 Å². The number of hydrogen-bond acceptors (Lipinski definition) is 5. The zero-order chi connectivity index (χ0) is 14.4. The van der Waals surface area contributed by atoms with Crippen LogP contribution in [-0.4, -0.2) is 36.3 Å². The first-order valence-corrected chi connectivity index (χ1v) is 7.61. The van der Waals surface area contributed by atoms with Crippen molar-refractivity contribution in [3.63, 3.8) is 0 Å². The van der Waals surface area contributed by atoms with Crippen molar-refractivity contribution in [1.82, 2.24) is 9.97 Å². The van der Waals surface area contributed by atoms with Crippen molar-refractivity contribution >= 4 is 11.6 Å². The third kappa shape index (κ3) is 4.63. The molecule has 1 fully saturated rings. The number of hydrogen-bond donors (Lipinski definition) is 2. The fourth-order valence-electron chi connectivity index (χ4n) is 2.03. The van der Waals surface area contributed by atoms with Gasteiger partial charge in [0.1, 0.15) is 17.5 Å². The lowest BCUT2D eigenvalue weighted by molar-refractivity contribution is 0.191. The Labute approximate surface area is 121 Å². The molecule has 1 aliphatic rings. The summed E-state index contributed by atoms with van der Waals surface area (Å²) in [5.41, 5.74) is 0. The molecule has 5 heteroatoms. The Hall–Kier alpha value is -1.36. The average molecular weight is 278 g/mol. The number of nitrogens with one attached hydrogen (secondary N) is 2. The van der Waals surface area contributed by atoms with Gasteiger partial charge in [0.2, 0.25) is 0 Å². The predicted octanol–water partition coefficient (Wildman–Crippen LogP) is 3.01. The van der Waals surface area contributed by atoms with Crippen molar-refractivity contribution in [2.75, 3.05) is 30.9 Å². The van der Waals surface area contributed by atoms with E-state index in [1.165, 1.54) is 12.8 Å². The maximum absolute atomic E-state index is 5.11. The molecule has 0 bridgehead atoms. The van der Waals surface area contributed by atoms with Gasteiger partial charge in [-0.3, -0.25) is 0 Å². The molecule has 1 unspecified atom stereocenters. The SMILES string of the molecule is CCCNc1cc(NC(C)CCOC)nc(C2CC2)n1. The zero-order valence-corrected chi connectivity index (χ0v) is 12.8. The van der Waals surface area contributed by atoms with Gasteiger partial charge in [0.15, 0.2) is 0 Å². The van der Waals surface area contributed by atoms with Crippen molar-refractivity contribution in [2.24, 2.45) is 0 Å². The molecule has 0 aromatic carbocycles. The smallest absolute Gasteiger partial charge is 0.136 e. The first-order valence-electron chi connectivity index (χ1n) is 7.61. The summed E-state index contributed by atoms with van der Waals surface area (Å²) < 4.78 is 5.11. The summed E-state index contributed by atoms with van der Waals surface area (Å²) in [6.07, 6.45) is 4.50. The Kier molecular flexibility index (Phi) is 5.59. The summed E-state index contributed by atoms with van der Waals surface area (Å²) in [6, 6.07) is 2.35. The maximum Gasteiger partial charge on any atom is 0.136 e. The quantitative estimate of drug-likeness (QED) is 0.727. The van der Waals surface area contributed by atoms with Gasteiger partial charge in [-0.05, 0) is 32.6 Å². The van der Waals surface area contributed by atoms with Crippen LogP contribution in [0.15, 0.2) is 6.07 Å². The van der Waals surface area contributed by atoms with Gasteiger partial charge in [-0.2, -0.15) is 0 Å². The first kappa shape index (κ1) is 15.0. The Morgan fingerprint density at radius 1 is 1.35 bits per heavy atom. The number of aromatic nitrogens is 2. The number of rotatable bonds is 9. The van der Waals surface area contributed by atoms with E-state index >= 15 is 0 Å². The second-order valence-corrected chi connectivity index (χ2v) is 5.52. The highest BCUT2D eigenvalue weighted by Gasteiger charge is 2.27. The molecule has 2 N–H and O–H groups in total. The minimum absolute atomic E-state index is 0.343. The normalized spacial score (nSPS) is 15.9. The number of ether oxygens (including phenoxy) is 1. The van der Waals surface area contributed by atoms with E-state index in [0.29, 0.717) is 12.0 Å². The maximum atomic E-state index is 5.11. The van der Waals surface area contributed by atoms with E-state index in [2.05, 4.69) is 34.4 Å². The third-order valence-corrected chi connectivity index (χ3v) is 3.39. The summed E-state index contributed by atoms with van der Waals surface area (Å²) in [5, 5.41) is 6.80. The Balaban J connectivity index is 2.03. The molecule has 112 valence electrons. The van der Waals surface area contributed by atoms with Crippen molar-refractivity contribution in [3.05, 3.63) is 11.9 Å². The van der Waals surface area contributed by atoms with E-state index in [9.17, 15) is 0 Å². The number of methoxy groups -OCH3 is 1. The van der Waals surface area contributed by atoms with Crippen molar-refractivity contribution in [3.8, 4) is 0 Å². The lowest BCUT2D eigenvalue weighted by Crippen LogP contribution is -2.19. The van der Waals surface area contributed by atoms with E-state index in [-0.39, 0.29) is 0 Å². The summed E-state index contributed by atoms with van der Waals surface area (Å²) >= 11 is 0. The van der Waals surface area contributed by atoms with Gasteiger partial charge < -0.3 is 15.4 Å². The summed E-state index contributed by atoms with van der Waals surface area (Å²) in [5.74, 6) is 3.40. The van der Waals surface area contributed by atoms with Crippen LogP contribution in [0.2, 0.25) is 0 Å². The van der Waals surface area contributed by atoms with Crippen molar-refractivity contribution < 1.29 is 4.74 Å². The molecule has 20 heavy (non-hydrogen) atoms. The average Bonchev–Trinajstić information content (AvgIpc) is 3.27. The van der Waals surface area contributed by atoms with Crippen LogP contribution < -0.4 is 10.6 Å². The monoisotopic (exact) mass is 278 g/mol. The highest BCUT2D eigenvalue weighted by Crippen LogP contribution is 2.38. The Morgan fingerprint density at radius 2 is 2.10 bits per heavy atom. The van der Waals surface area contributed by atoms with Crippen molar-refractivity contribution in [1.29, 1.82) is 0 Å². The molecule has 1 aromatic rings. The molecule has 0 spiro atoms. The minimum atomic E-state index is 0.343. The third-order valence-electron chi connectivity index (χ3n) is 3.39. The summed E-state index contributed by atoms with van der Waals surface area (Å²) in [6.45, 7) is 6.01. The topological polar surface area (TPSA) is 59.1 Å². The second-order valence-electron chi connectivity index (χ2n) is 5.52. The van der Waals surface area contributed by atoms with Crippen LogP contribution >= 0.6 is 0 Å². The minimum Gasteiger partial charge on any atom is -0.385 e. The fourth-order valence-corrected chi connectivity index (χ4v) is 2.03. The lowest BCUT2D eigenvalue weighted by atomic mass is 10.2. The predicted molar refractivity (Wildman–Crippen MR) is 82.4 cm³/mol. The molecule has 1 atom stereocenters. The first-order chi connectivity index (χ1) is 9.72. The molecule has 2 rings (SSSR count). The molecule has 1 heterocycles. The van der Waals surface area contributed by atoms with E-state index in [1.54, 1.807) is 7.11 Å². The van der Waals surface area contributed by atoms with Crippen LogP contribution in [-0.2, 0) is 4.74 Å². The van der Waals surface area contributed by atoms with E-state index in [4.69, 9.17) is 4.74 Å². The van der Waals surface area contributed by atoms with E-state index in [1.807, 2.05) is 6.07 Å². The van der Waals surface area contributed by atoms with Gasteiger partial charge in [-0.1, -0.05) is 6.92 Å². The van der Waals surface area contributed by atoms with Crippen LogP contribution in [0, 0.1) is 0 Å². The molecular formula is C15H26N4O. The molecule has 1 saturated carbocycles. The van der Waals surface area contributed by atoms with Gasteiger partial charge >= 0.3 is 0 Å². The molecule has 0 saturated heterocycles. The van der Waals surface area contributed by atoms with E-state index in [0.717, 1.165) is 43.5 Å². The van der Waals surface area contributed by atoms with E-state index < -0.39 is 0 Å². The molecule has 5 nitrogen and oxygen atoms in total. The second kappa shape index (κ2) is 7.43. The molecule has 1 aliphatic carbocycles. The fraction of sp³-hybridized carbons (Fsp3) is 0.733. The van der Waals surface area contributed by atoms with Gasteiger partial charge in [0.05, 0.1) is 0 Å². The molecule has 0 aliphatic heterocycles. The Morgan fingerprint density at radius 3 is 2.75 bits per heavy atom. The van der Waals surface area contributed by atoms with Crippen LogP contribution in [0.3, 0.4) is 0 Å². The molecule has 1 aromatic heterocycles. The number of nitrogens with zero attached hydrogens (tertiary/aromatic N) is 2. The van der Waals surface area contributed by atoms with Gasteiger partial charge in [0.25, 0.3) is 0 Å². The van der Waals surface area contributed by atoms with Gasteiger partial charge in [-0.25, -0.2) is 9.97 Å². The highest BCUT2D eigenvalue weighted by molar-refractivity contribution is 5.48. The van der Waals surface area contributed by atoms with Crippen molar-refractivity contribution in [2.45, 2.75) is 51.5 Å². The molecule has 0 radical (unpaired) electrons. The highest BCUT2D eigenvalue weighted by atomic mass is 16.5. The Bertz CT molecular complexity index is 420. The van der Waals surface area contributed by atoms with Gasteiger partial charge in [0, 0.05) is 38.3 Å². The number of anilines is 2. The van der Waals surface area contributed by atoms with Crippen LogP contribution in [0.1, 0.15) is 51.3 Å². The zero-order valence-electron chi connectivity index (χ0n) is 12.8. The summed E-state index contributed by atoms with van der Waals surface area (Å²) in [4.78, 5) is 9.26. The molecule has 0 amide bonds. The summed E-state index contributed by atoms with van der Waals surface area (Å²) in [7, 11) is 1.73. The van der Waals surface area contributed by atoms with Crippen LogP contribution in [0.25, 0.3) is 0 Å². The lowest BCUT2D eigenvalue weighted by Gasteiger charge is -2.16. The molecular weight excluding hydrogens is 252 g/mol. The largest absolute Gasteiger partial charge is 0.385 e.